The van der Waals surface area contributed by atoms with Gasteiger partial charge in [0.15, 0.2) is 0 Å². The van der Waals surface area contributed by atoms with E-state index in [4.69, 9.17) is 5.73 Å². The van der Waals surface area contributed by atoms with E-state index in [-0.39, 0.29) is 0 Å². The van der Waals surface area contributed by atoms with E-state index in [1.807, 2.05) is 0 Å². The summed E-state index contributed by atoms with van der Waals surface area (Å²) in [6, 6.07) is 2.05. The lowest BCUT2D eigenvalue weighted by molar-refractivity contribution is 0.765. The molecular weight excluding hydrogens is 218 g/mol. The summed E-state index contributed by atoms with van der Waals surface area (Å²) < 4.78 is 2.13. The van der Waals surface area contributed by atoms with E-state index in [2.05, 4.69) is 47.2 Å². The van der Waals surface area contributed by atoms with E-state index in [0.29, 0.717) is 12.5 Å². The molecule has 0 spiro atoms. The van der Waals surface area contributed by atoms with E-state index in [1.54, 1.807) is 11.3 Å². The van der Waals surface area contributed by atoms with Crippen molar-refractivity contribution in [3.8, 4) is 0 Å². The molecule has 0 saturated heterocycles. The summed E-state index contributed by atoms with van der Waals surface area (Å²) in [5.74, 6) is 0.517. The molecule has 2 heterocycles. The Morgan fingerprint density at radius 1 is 1.50 bits per heavy atom. The minimum absolute atomic E-state index is 0.517. The van der Waals surface area contributed by atoms with Crippen molar-refractivity contribution in [1.29, 1.82) is 0 Å². The molecule has 0 aliphatic heterocycles. The SMILES string of the molecule is CC(C)c1nc(Cn2ccc(CN)c2)cs1. The molecule has 2 rings (SSSR count). The van der Waals surface area contributed by atoms with E-state index in [1.165, 1.54) is 10.6 Å². The number of rotatable bonds is 4. The van der Waals surface area contributed by atoms with Gasteiger partial charge in [-0.05, 0) is 11.6 Å². The van der Waals surface area contributed by atoms with Gasteiger partial charge in [-0.2, -0.15) is 0 Å². The highest BCUT2D eigenvalue weighted by Gasteiger charge is 2.06. The summed E-state index contributed by atoms with van der Waals surface area (Å²) in [6.45, 7) is 5.78. The first-order valence-electron chi connectivity index (χ1n) is 5.48. The summed E-state index contributed by atoms with van der Waals surface area (Å²) in [7, 11) is 0. The van der Waals surface area contributed by atoms with Crippen LogP contribution in [0.15, 0.2) is 23.8 Å². The van der Waals surface area contributed by atoms with Gasteiger partial charge < -0.3 is 10.3 Å². The normalized spacial score (nSPS) is 11.2. The Kier molecular flexibility index (Phi) is 3.41. The fourth-order valence-corrected chi connectivity index (χ4v) is 2.38. The molecule has 0 saturated carbocycles. The highest BCUT2D eigenvalue weighted by atomic mass is 32.1. The fourth-order valence-electron chi connectivity index (χ4n) is 1.56. The third-order valence-corrected chi connectivity index (χ3v) is 3.65. The maximum atomic E-state index is 5.57. The van der Waals surface area contributed by atoms with Gasteiger partial charge in [0.1, 0.15) is 0 Å². The van der Waals surface area contributed by atoms with Crippen molar-refractivity contribution in [2.24, 2.45) is 5.73 Å². The van der Waals surface area contributed by atoms with E-state index in [0.717, 1.165) is 12.2 Å². The number of hydrogen-bond acceptors (Lipinski definition) is 3. The van der Waals surface area contributed by atoms with Gasteiger partial charge in [-0.25, -0.2) is 4.98 Å². The maximum Gasteiger partial charge on any atom is 0.0954 e. The van der Waals surface area contributed by atoms with Gasteiger partial charge in [-0.3, -0.25) is 0 Å². The minimum atomic E-state index is 0.517. The molecule has 2 N–H and O–H groups in total. The Labute approximate surface area is 99.9 Å². The zero-order chi connectivity index (χ0) is 11.5. The molecule has 0 radical (unpaired) electrons. The molecule has 0 aliphatic rings. The van der Waals surface area contributed by atoms with Crippen molar-refractivity contribution in [2.75, 3.05) is 0 Å². The van der Waals surface area contributed by atoms with Gasteiger partial charge >= 0.3 is 0 Å². The molecule has 16 heavy (non-hydrogen) atoms. The average molecular weight is 235 g/mol. The van der Waals surface area contributed by atoms with E-state index in [9.17, 15) is 0 Å². The molecular formula is C12H17N3S. The lowest BCUT2D eigenvalue weighted by Crippen LogP contribution is -1.98. The second-order valence-corrected chi connectivity index (χ2v) is 5.12. The maximum absolute atomic E-state index is 5.57. The van der Waals surface area contributed by atoms with Gasteiger partial charge in [0.2, 0.25) is 0 Å². The van der Waals surface area contributed by atoms with Gasteiger partial charge in [0.05, 0.1) is 17.2 Å². The van der Waals surface area contributed by atoms with Gasteiger partial charge in [0.25, 0.3) is 0 Å². The molecule has 86 valence electrons. The van der Waals surface area contributed by atoms with Crippen molar-refractivity contribution >= 4 is 11.3 Å². The van der Waals surface area contributed by atoms with Crippen LogP contribution in [0.25, 0.3) is 0 Å². The third-order valence-electron chi connectivity index (χ3n) is 2.46. The Morgan fingerprint density at radius 2 is 2.31 bits per heavy atom. The van der Waals surface area contributed by atoms with Crippen LogP contribution in [0.2, 0.25) is 0 Å². The number of nitrogens with two attached hydrogens (primary N) is 1. The summed E-state index contributed by atoms with van der Waals surface area (Å²) in [5, 5.41) is 3.35. The fraction of sp³-hybridized carbons (Fsp3) is 0.417. The quantitative estimate of drug-likeness (QED) is 0.885. The van der Waals surface area contributed by atoms with Crippen LogP contribution < -0.4 is 5.73 Å². The highest BCUT2D eigenvalue weighted by Crippen LogP contribution is 2.19. The second kappa shape index (κ2) is 4.80. The second-order valence-electron chi connectivity index (χ2n) is 4.23. The average Bonchev–Trinajstić information content (AvgIpc) is 2.87. The van der Waals surface area contributed by atoms with E-state index >= 15 is 0 Å². The lowest BCUT2D eigenvalue weighted by Gasteiger charge is -1.99. The van der Waals surface area contributed by atoms with Gasteiger partial charge in [-0.15, -0.1) is 11.3 Å². The van der Waals surface area contributed by atoms with E-state index < -0.39 is 0 Å². The zero-order valence-electron chi connectivity index (χ0n) is 9.68. The Morgan fingerprint density at radius 3 is 2.88 bits per heavy atom. The van der Waals surface area contributed by atoms with Crippen LogP contribution in [0.5, 0.6) is 0 Å². The molecule has 0 unspecified atom stereocenters. The van der Waals surface area contributed by atoms with Crippen LogP contribution in [0.4, 0.5) is 0 Å². The molecule has 0 bridgehead atoms. The summed E-state index contributed by atoms with van der Waals surface area (Å²) in [5.41, 5.74) is 7.87. The highest BCUT2D eigenvalue weighted by molar-refractivity contribution is 7.09. The van der Waals surface area contributed by atoms with Crippen LogP contribution in [-0.2, 0) is 13.1 Å². The first-order chi connectivity index (χ1) is 7.69. The Bertz CT molecular complexity index is 456. The van der Waals surface area contributed by atoms with Crippen LogP contribution in [0.3, 0.4) is 0 Å². The number of thiazole rings is 1. The van der Waals surface area contributed by atoms with Crippen molar-refractivity contribution in [3.63, 3.8) is 0 Å². The van der Waals surface area contributed by atoms with Gasteiger partial charge in [0, 0.05) is 30.2 Å². The van der Waals surface area contributed by atoms with Crippen molar-refractivity contribution in [3.05, 3.63) is 40.1 Å². The largest absolute Gasteiger partial charge is 0.348 e. The number of nitrogens with zero attached hydrogens (tertiary/aromatic N) is 2. The monoisotopic (exact) mass is 235 g/mol. The lowest BCUT2D eigenvalue weighted by atomic mass is 10.2. The Hall–Kier alpha value is -1.13. The predicted octanol–water partition coefficient (Wildman–Crippen LogP) is 2.58. The molecule has 0 aromatic carbocycles. The topological polar surface area (TPSA) is 43.8 Å². The van der Waals surface area contributed by atoms with Crippen molar-refractivity contribution in [2.45, 2.75) is 32.9 Å². The van der Waals surface area contributed by atoms with Gasteiger partial charge in [-0.1, -0.05) is 13.8 Å². The molecule has 0 fully saturated rings. The first-order valence-corrected chi connectivity index (χ1v) is 6.36. The molecule has 0 amide bonds. The number of aromatic nitrogens is 2. The minimum Gasteiger partial charge on any atom is -0.348 e. The number of hydrogen-bond donors (Lipinski definition) is 1. The van der Waals surface area contributed by atoms with Crippen LogP contribution >= 0.6 is 11.3 Å². The zero-order valence-corrected chi connectivity index (χ0v) is 10.5. The smallest absolute Gasteiger partial charge is 0.0954 e. The standard InChI is InChI=1S/C12H17N3S/c1-9(2)12-14-11(8-16-12)7-15-4-3-10(5-13)6-15/h3-4,6,8-9H,5,7,13H2,1-2H3. The predicted molar refractivity (Wildman–Crippen MR) is 67.6 cm³/mol. The Balaban J connectivity index is 2.08. The van der Waals surface area contributed by atoms with Crippen molar-refractivity contribution < 1.29 is 0 Å². The third kappa shape index (κ3) is 2.51. The molecule has 0 aliphatic carbocycles. The molecule has 0 atom stereocenters. The van der Waals surface area contributed by atoms with Crippen LogP contribution in [0, 0.1) is 0 Å². The van der Waals surface area contributed by atoms with Crippen LogP contribution in [0.1, 0.15) is 36.0 Å². The summed E-state index contributed by atoms with van der Waals surface area (Å²) in [6.07, 6.45) is 4.13. The molecule has 4 heteroatoms. The first kappa shape index (κ1) is 11.4. The molecule has 2 aromatic heterocycles. The molecule has 3 nitrogen and oxygen atoms in total. The van der Waals surface area contributed by atoms with Crippen LogP contribution in [-0.4, -0.2) is 9.55 Å². The summed E-state index contributed by atoms with van der Waals surface area (Å²) >= 11 is 1.74. The molecule has 2 aromatic rings. The van der Waals surface area contributed by atoms with Crippen molar-refractivity contribution in [1.82, 2.24) is 9.55 Å². The summed E-state index contributed by atoms with van der Waals surface area (Å²) in [4.78, 5) is 4.61.